The predicted octanol–water partition coefficient (Wildman–Crippen LogP) is 21.0. The van der Waals surface area contributed by atoms with Crippen LogP contribution in [0.25, 0.3) is 0 Å². The molecule has 0 aliphatic carbocycles. The molecule has 0 saturated carbocycles. The van der Waals surface area contributed by atoms with E-state index in [-0.39, 0.29) is 25.7 Å². The lowest BCUT2D eigenvalue weighted by molar-refractivity contribution is -0.161. The second kappa shape index (κ2) is 63.8. The Bertz CT molecular complexity index is 1800. The number of hydrogen-bond donors (Lipinski definition) is 3. The first-order chi connectivity index (χ1) is 44.2. The monoisotopic (exact) mass is 1350 g/mol. The average Bonchev–Trinajstić information content (AvgIpc) is 2.13. The maximum absolute atomic E-state index is 13.1. The zero-order valence-corrected chi connectivity index (χ0v) is 61.8. The molecule has 0 aromatic carbocycles. The van der Waals surface area contributed by atoms with Crippen LogP contribution in [0.5, 0.6) is 0 Å². The van der Waals surface area contributed by atoms with Crippen molar-refractivity contribution in [1.29, 1.82) is 0 Å². The molecular formula is C73H142O17P2. The van der Waals surface area contributed by atoms with Gasteiger partial charge < -0.3 is 33.8 Å². The lowest BCUT2D eigenvalue weighted by Crippen LogP contribution is -2.30. The fourth-order valence-electron chi connectivity index (χ4n) is 11.1. The van der Waals surface area contributed by atoms with E-state index in [4.69, 9.17) is 37.0 Å². The Kier molecular flexibility index (Phi) is 62.4. The van der Waals surface area contributed by atoms with Gasteiger partial charge in [0.25, 0.3) is 0 Å². The number of phosphoric acid groups is 2. The maximum atomic E-state index is 13.1. The minimum atomic E-state index is -4.95. The molecule has 0 saturated heterocycles. The van der Waals surface area contributed by atoms with Gasteiger partial charge in [-0.1, -0.05) is 318 Å². The second-order valence-corrected chi connectivity index (χ2v) is 30.7. The fourth-order valence-corrected chi connectivity index (χ4v) is 12.7. The van der Waals surface area contributed by atoms with Crippen molar-refractivity contribution in [3.63, 3.8) is 0 Å². The highest BCUT2D eigenvalue weighted by Crippen LogP contribution is 2.45. The molecule has 0 spiro atoms. The summed E-state index contributed by atoms with van der Waals surface area (Å²) in [6.45, 7) is 11.9. The highest BCUT2D eigenvalue weighted by atomic mass is 31.2. The van der Waals surface area contributed by atoms with Gasteiger partial charge >= 0.3 is 39.5 Å². The number of ether oxygens (including phenoxy) is 4. The lowest BCUT2D eigenvalue weighted by Gasteiger charge is -2.21. The minimum absolute atomic E-state index is 0.105. The summed E-state index contributed by atoms with van der Waals surface area (Å²) in [5.41, 5.74) is 0. The third-order valence-corrected chi connectivity index (χ3v) is 18.8. The molecule has 0 amide bonds. The van der Waals surface area contributed by atoms with E-state index >= 15 is 0 Å². The number of rotatable bonds is 71. The van der Waals surface area contributed by atoms with Crippen LogP contribution in [0, 0.1) is 17.8 Å². The molecule has 0 aliphatic rings. The lowest BCUT2D eigenvalue weighted by atomic mass is 10.0. The molecule has 0 fully saturated rings. The number of hydrogen-bond acceptors (Lipinski definition) is 15. The molecule has 19 heteroatoms. The Morgan fingerprint density at radius 3 is 0.739 bits per heavy atom. The van der Waals surface area contributed by atoms with Crippen LogP contribution in [0.15, 0.2) is 0 Å². The number of carbonyl (C=O) groups is 4. The minimum Gasteiger partial charge on any atom is -0.462 e. The Balaban J connectivity index is 5.21. The summed E-state index contributed by atoms with van der Waals surface area (Å²) < 4.78 is 68.3. The first-order valence-corrected chi connectivity index (χ1v) is 40.8. The van der Waals surface area contributed by atoms with Gasteiger partial charge in [0.1, 0.15) is 19.3 Å². The Hall–Kier alpha value is -1.94. The summed E-state index contributed by atoms with van der Waals surface area (Å²) >= 11 is 0. The van der Waals surface area contributed by atoms with Crippen LogP contribution >= 0.6 is 15.6 Å². The summed E-state index contributed by atoms with van der Waals surface area (Å²) in [6, 6.07) is 0. The third-order valence-electron chi connectivity index (χ3n) is 16.9. The van der Waals surface area contributed by atoms with E-state index in [1.54, 1.807) is 0 Å². The molecule has 0 bridgehead atoms. The number of aliphatic hydroxyl groups is 1. The number of esters is 4. The molecule has 5 atom stereocenters. The largest absolute Gasteiger partial charge is 0.472 e. The van der Waals surface area contributed by atoms with Crippen molar-refractivity contribution >= 4 is 39.5 Å². The molecule has 0 rings (SSSR count). The topological polar surface area (TPSA) is 237 Å². The van der Waals surface area contributed by atoms with Gasteiger partial charge in [-0.3, -0.25) is 37.3 Å². The molecule has 0 aromatic rings. The molecule has 0 heterocycles. The van der Waals surface area contributed by atoms with Crippen LogP contribution in [0.3, 0.4) is 0 Å². The van der Waals surface area contributed by atoms with E-state index in [2.05, 4.69) is 48.5 Å². The smallest absolute Gasteiger partial charge is 0.462 e. The maximum Gasteiger partial charge on any atom is 0.472 e. The number of aliphatic hydroxyl groups excluding tert-OH is 1. The van der Waals surface area contributed by atoms with E-state index in [1.807, 2.05) is 0 Å². The molecular weight excluding hydrogens is 1210 g/mol. The van der Waals surface area contributed by atoms with Gasteiger partial charge in [-0.15, -0.1) is 0 Å². The standard InChI is InChI=1S/C73H142O17P2/c1-8-9-10-11-30-40-47-54-70(75)83-60-68(89-73(78)57-50-43-36-29-23-22-26-33-39-46-53-66(6)7)62-87-91(79,80)85-58-67(74)59-86-92(81,82)88-63-69(90-72(77)56-49-42-35-28-21-17-13-15-19-25-32-38-45-52-65(4)5)61-84-71(76)55-48-41-34-27-20-16-12-14-18-24-31-37-44-51-64(2)3/h64-69,74H,8-63H2,1-7H3,(H,79,80)(H,81,82)/t67-,68+,69+/m0/s1. The Morgan fingerprint density at radius 1 is 0.293 bits per heavy atom. The summed E-state index contributed by atoms with van der Waals surface area (Å²) in [5, 5.41) is 10.6. The van der Waals surface area contributed by atoms with Gasteiger partial charge in [-0.25, -0.2) is 9.13 Å². The second-order valence-electron chi connectivity index (χ2n) is 27.8. The van der Waals surface area contributed by atoms with Crippen molar-refractivity contribution < 1.29 is 80.2 Å². The molecule has 0 radical (unpaired) electrons. The van der Waals surface area contributed by atoms with Gasteiger partial charge in [0.2, 0.25) is 0 Å². The molecule has 0 aromatic heterocycles. The van der Waals surface area contributed by atoms with Crippen LogP contribution in [0.4, 0.5) is 0 Å². The molecule has 2 unspecified atom stereocenters. The van der Waals surface area contributed by atoms with Gasteiger partial charge in [0, 0.05) is 25.7 Å². The zero-order valence-electron chi connectivity index (χ0n) is 60.0. The molecule has 3 N–H and O–H groups in total. The van der Waals surface area contributed by atoms with E-state index < -0.39 is 97.5 Å². The van der Waals surface area contributed by atoms with Crippen LogP contribution in [0.2, 0.25) is 0 Å². The fraction of sp³-hybridized carbons (Fsp3) is 0.945. The van der Waals surface area contributed by atoms with Gasteiger partial charge in [-0.2, -0.15) is 0 Å². The first kappa shape index (κ1) is 90.1. The van der Waals surface area contributed by atoms with Crippen molar-refractivity contribution in [2.75, 3.05) is 39.6 Å². The first-order valence-electron chi connectivity index (χ1n) is 37.8. The predicted molar refractivity (Wildman–Crippen MR) is 372 cm³/mol. The van der Waals surface area contributed by atoms with Crippen molar-refractivity contribution in [3.8, 4) is 0 Å². The Morgan fingerprint density at radius 2 is 0.500 bits per heavy atom. The van der Waals surface area contributed by atoms with Gasteiger partial charge in [-0.05, 0) is 43.4 Å². The zero-order chi connectivity index (χ0) is 68.0. The molecule has 0 aliphatic heterocycles. The van der Waals surface area contributed by atoms with Crippen LogP contribution < -0.4 is 0 Å². The molecule has 92 heavy (non-hydrogen) atoms. The molecule has 17 nitrogen and oxygen atoms in total. The average molecular weight is 1350 g/mol. The summed E-state index contributed by atoms with van der Waals surface area (Å²) in [5.74, 6) is 0.204. The highest BCUT2D eigenvalue weighted by molar-refractivity contribution is 7.47. The SMILES string of the molecule is CCCCCCCCCC(=O)OC[C@H](COP(=O)(O)OC[C@H](O)COP(=O)(O)OC[C@@H](COC(=O)CCCCCCCCCCCCCCCC(C)C)OC(=O)CCCCCCCCCCCCCCCC(C)C)OC(=O)CCCCCCCCCCCCC(C)C. The van der Waals surface area contributed by atoms with Crippen molar-refractivity contribution in [1.82, 2.24) is 0 Å². The van der Waals surface area contributed by atoms with Crippen LogP contribution in [-0.4, -0.2) is 96.7 Å². The van der Waals surface area contributed by atoms with Crippen molar-refractivity contribution in [2.45, 2.75) is 388 Å². The number of phosphoric ester groups is 2. The van der Waals surface area contributed by atoms with Crippen LogP contribution in [-0.2, 0) is 65.4 Å². The summed E-state index contributed by atoms with van der Waals surface area (Å²) in [6.07, 6.45) is 48.6. The quantitative estimate of drug-likeness (QED) is 0.0222. The van der Waals surface area contributed by atoms with Gasteiger partial charge in [0.15, 0.2) is 12.2 Å². The summed E-state index contributed by atoms with van der Waals surface area (Å²) in [4.78, 5) is 72.6. The van der Waals surface area contributed by atoms with Crippen LogP contribution in [0.1, 0.15) is 370 Å². The van der Waals surface area contributed by atoms with Gasteiger partial charge in [0.05, 0.1) is 26.4 Å². The van der Waals surface area contributed by atoms with E-state index in [0.717, 1.165) is 120 Å². The van der Waals surface area contributed by atoms with Crippen molar-refractivity contribution in [3.05, 3.63) is 0 Å². The highest BCUT2D eigenvalue weighted by Gasteiger charge is 2.30. The number of unbranched alkanes of at least 4 members (excludes halogenated alkanes) is 39. The Labute approximate surface area is 562 Å². The third kappa shape index (κ3) is 66.7. The van der Waals surface area contributed by atoms with Crippen molar-refractivity contribution in [2.24, 2.45) is 17.8 Å². The summed E-state index contributed by atoms with van der Waals surface area (Å²) in [7, 11) is -9.90. The molecule has 546 valence electrons. The van der Waals surface area contributed by atoms with E-state index in [0.29, 0.717) is 25.7 Å². The van der Waals surface area contributed by atoms with E-state index in [9.17, 15) is 43.2 Å². The van der Waals surface area contributed by atoms with E-state index in [1.165, 1.54) is 167 Å². The normalized spacial score (nSPS) is 14.1. The number of carbonyl (C=O) groups excluding carboxylic acids is 4.